The summed E-state index contributed by atoms with van der Waals surface area (Å²) in [5.74, 6) is 1.30. The maximum Gasteiger partial charge on any atom is 0.236 e. The molecule has 0 fully saturated rings. The Morgan fingerprint density at radius 1 is 0.923 bits per heavy atom. The Morgan fingerprint density at radius 3 is 2.15 bits per heavy atom. The molecule has 0 atom stereocenters. The molecule has 1 heterocycles. The smallest absolute Gasteiger partial charge is 0.236 e. The molecular weight excluding hydrogens is 354 g/mol. The van der Waals surface area contributed by atoms with Crippen LogP contribution in [0.25, 0.3) is 11.3 Å². The lowest BCUT2D eigenvalue weighted by molar-refractivity contribution is -0.133. The molecule has 0 N–H and O–H groups in total. The van der Waals surface area contributed by atoms with E-state index in [0.29, 0.717) is 17.3 Å². The monoisotopic (exact) mass is 377 g/mol. The second kappa shape index (κ2) is 8.87. The Kier molecular flexibility index (Phi) is 6.83. The first-order chi connectivity index (χ1) is 12.3. The first-order valence-electron chi connectivity index (χ1n) is 8.23. The molecule has 0 bridgehead atoms. The minimum atomic E-state index is -0.0801. The van der Waals surface area contributed by atoms with Crippen LogP contribution in [0.2, 0.25) is 5.02 Å². The van der Waals surface area contributed by atoms with Crippen LogP contribution in [0.4, 0.5) is 0 Å². The van der Waals surface area contributed by atoms with E-state index in [9.17, 15) is 9.59 Å². The van der Waals surface area contributed by atoms with Gasteiger partial charge in [0.05, 0.1) is 19.6 Å². The van der Waals surface area contributed by atoms with E-state index >= 15 is 0 Å². The van der Waals surface area contributed by atoms with Crippen LogP contribution in [0.1, 0.15) is 5.76 Å². The summed E-state index contributed by atoms with van der Waals surface area (Å²) in [5.41, 5.74) is 0.927. The molecule has 2 aromatic rings. The lowest BCUT2D eigenvalue weighted by Gasteiger charge is -2.22. The van der Waals surface area contributed by atoms with Gasteiger partial charge < -0.3 is 14.2 Å². The van der Waals surface area contributed by atoms with Gasteiger partial charge in [-0.3, -0.25) is 14.5 Å². The van der Waals surface area contributed by atoms with Gasteiger partial charge >= 0.3 is 0 Å². The topological polar surface area (TPSA) is 57.0 Å². The Balaban J connectivity index is 1.91. The summed E-state index contributed by atoms with van der Waals surface area (Å²) in [7, 11) is 6.85. The first-order valence-corrected chi connectivity index (χ1v) is 8.61. The fourth-order valence-electron chi connectivity index (χ4n) is 2.33. The molecule has 140 valence electrons. The van der Waals surface area contributed by atoms with Gasteiger partial charge in [0.25, 0.3) is 0 Å². The molecule has 1 aromatic heterocycles. The summed E-state index contributed by atoms with van der Waals surface area (Å²) in [5, 5.41) is 0.669. The molecule has 2 amide bonds. The van der Waals surface area contributed by atoms with E-state index in [1.807, 2.05) is 24.3 Å². The number of likely N-dealkylation sites (N-methyl/N-ethyl adjacent to an activating group) is 3. The van der Waals surface area contributed by atoms with E-state index in [2.05, 4.69) is 0 Å². The van der Waals surface area contributed by atoms with Crippen LogP contribution < -0.4 is 0 Å². The van der Waals surface area contributed by atoms with Gasteiger partial charge in [0.1, 0.15) is 11.5 Å². The van der Waals surface area contributed by atoms with Crippen molar-refractivity contribution in [2.45, 2.75) is 6.54 Å². The van der Waals surface area contributed by atoms with Crippen molar-refractivity contribution in [1.29, 1.82) is 0 Å². The van der Waals surface area contributed by atoms with Crippen molar-refractivity contribution in [2.24, 2.45) is 0 Å². The van der Waals surface area contributed by atoms with Crippen molar-refractivity contribution >= 4 is 23.4 Å². The third kappa shape index (κ3) is 5.61. The van der Waals surface area contributed by atoms with Gasteiger partial charge in [0, 0.05) is 31.7 Å². The average Bonchev–Trinajstić information content (AvgIpc) is 3.03. The summed E-state index contributed by atoms with van der Waals surface area (Å²) in [6.45, 7) is 0.733. The van der Waals surface area contributed by atoms with Crippen molar-refractivity contribution in [3.8, 4) is 11.3 Å². The average molecular weight is 378 g/mol. The number of nitrogens with zero attached hydrogens (tertiary/aromatic N) is 3. The van der Waals surface area contributed by atoms with Crippen molar-refractivity contribution in [1.82, 2.24) is 14.7 Å². The van der Waals surface area contributed by atoms with E-state index in [0.717, 1.165) is 11.3 Å². The predicted octanol–water partition coefficient (Wildman–Crippen LogP) is 2.58. The Labute approximate surface area is 158 Å². The molecule has 26 heavy (non-hydrogen) atoms. The molecule has 0 spiro atoms. The van der Waals surface area contributed by atoms with E-state index < -0.39 is 0 Å². The fourth-order valence-corrected chi connectivity index (χ4v) is 2.46. The number of carbonyl (C=O) groups is 2. The molecule has 0 aliphatic carbocycles. The van der Waals surface area contributed by atoms with Crippen LogP contribution in [-0.4, -0.2) is 67.8 Å². The maximum absolute atomic E-state index is 12.3. The predicted molar refractivity (Wildman–Crippen MR) is 102 cm³/mol. The lowest BCUT2D eigenvalue weighted by Crippen LogP contribution is -2.40. The molecule has 7 heteroatoms. The van der Waals surface area contributed by atoms with Crippen molar-refractivity contribution in [2.75, 3.05) is 41.3 Å². The largest absolute Gasteiger partial charge is 0.459 e. The van der Waals surface area contributed by atoms with Gasteiger partial charge in [-0.1, -0.05) is 11.6 Å². The summed E-state index contributed by atoms with van der Waals surface area (Å²) in [6, 6.07) is 11.1. The molecule has 0 saturated carbocycles. The van der Waals surface area contributed by atoms with Crippen LogP contribution in [-0.2, 0) is 16.1 Å². The molecule has 6 nitrogen and oxygen atoms in total. The quantitative estimate of drug-likeness (QED) is 0.744. The third-order valence-corrected chi connectivity index (χ3v) is 4.17. The van der Waals surface area contributed by atoms with Crippen LogP contribution in [0.15, 0.2) is 40.8 Å². The molecular formula is C19H24ClN3O3. The zero-order chi connectivity index (χ0) is 19.3. The lowest BCUT2D eigenvalue weighted by atomic mass is 10.2. The number of benzene rings is 1. The zero-order valence-corrected chi connectivity index (χ0v) is 16.3. The van der Waals surface area contributed by atoms with E-state index in [1.165, 1.54) is 4.90 Å². The highest BCUT2D eigenvalue weighted by atomic mass is 35.5. The van der Waals surface area contributed by atoms with Gasteiger partial charge in [-0.05, 0) is 43.4 Å². The minimum absolute atomic E-state index is 0.0402. The first kappa shape index (κ1) is 20.0. The molecule has 0 aliphatic rings. The van der Waals surface area contributed by atoms with Crippen LogP contribution in [0, 0.1) is 0 Å². The summed E-state index contributed by atoms with van der Waals surface area (Å²) in [6.07, 6.45) is 0. The second-order valence-electron chi connectivity index (χ2n) is 6.48. The number of halogens is 1. The Morgan fingerprint density at radius 2 is 1.54 bits per heavy atom. The number of hydrogen-bond acceptors (Lipinski definition) is 4. The van der Waals surface area contributed by atoms with Crippen molar-refractivity contribution in [3.05, 3.63) is 47.2 Å². The maximum atomic E-state index is 12.3. The Bertz CT molecular complexity index is 756. The molecule has 1 aromatic carbocycles. The van der Waals surface area contributed by atoms with E-state index in [1.54, 1.807) is 50.1 Å². The normalized spacial score (nSPS) is 10.8. The summed E-state index contributed by atoms with van der Waals surface area (Å²) in [4.78, 5) is 28.8. The van der Waals surface area contributed by atoms with Gasteiger partial charge in [0.15, 0.2) is 0 Å². The Hall–Kier alpha value is -2.31. The second-order valence-corrected chi connectivity index (χ2v) is 6.92. The number of hydrogen-bond donors (Lipinski definition) is 0. The van der Waals surface area contributed by atoms with Crippen molar-refractivity contribution < 1.29 is 14.0 Å². The molecule has 0 saturated heterocycles. The number of rotatable bonds is 7. The van der Waals surface area contributed by atoms with Gasteiger partial charge in [-0.2, -0.15) is 0 Å². The standard InChI is InChI=1S/C19H24ClN3O3/c1-21(2)18(24)12-22(3)13-19(25)23(4)11-16-9-10-17(26-16)14-5-7-15(20)8-6-14/h5-10H,11-13H2,1-4H3. The third-order valence-electron chi connectivity index (χ3n) is 3.92. The number of amides is 2. The summed E-state index contributed by atoms with van der Waals surface area (Å²) < 4.78 is 5.82. The highest BCUT2D eigenvalue weighted by Crippen LogP contribution is 2.24. The van der Waals surface area contributed by atoms with Crippen LogP contribution in [0.3, 0.4) is 0 Å². The highest BCUT2D eigenvalue weighted by molar-refractivity contribution is 6.30. The van der Waals surface area contributed by atoms with Crippen molar-refractivity contribution in [3.63, 3.8) is 0 Å². The van der Waals surface area contributed by atoms with E-state index in [-0.39, 0.29) is 24.9 Å². The molecule has 0 aliphatic heterocycles. The fraction of sp³-hybridized carbons (Fsp3) is 0.368. The van der Waals surface area contributed by atoms with Gasteiger partial charge in [0.2, 0.25) is 11.8 Å². The number of furan rings is 1. The van der Waals surface area contributed by atoms with Gasteiger partial charge in [-0.25, -0.2) is 0 Å². The number of carbonyl (C=O) groups excluding carboxylic acids is 2. The van der Waals surface area contributed by atoms with Gasteiger partial charge in [-0.15, -0.1) is 0 Å². The van der Waals surface area contributed by atoms with Crippen LogP contribution in [0.5, 0.6) is 0 Å². The van der Waals surface area contributed by atoms with E-state index in [4.69, 9.17) is 16.0 Å². The SMILES string of the molecule is CN(CC(=O)N(C)C)CC(=O)N(C)Cc1ccc(-c2ccc(Cl)cc2)o1. The minimum Gasteiger partial charge on any atom is -0.459 e. The molecule has 0 radical (unpaired) electrons. The zero-order valence-electron chi connectivity index (χ0n) is 15.5. The summed E-state index contributed by atoms with van der Waals surface area (Å²) >= 11 is 5.90. The highest BCUT2D eigenvalue weighted by Gasteiger charge is 2.16. The molecule has 0 unspecified atom stereocenters. The molecule has 2 rings (SSSR count). The van der Waals surface area contributed by atoms with Crippen LogP contribution >= 0.6 is 11.6 Å².